The second-order valence-electron chi connectivity index (χ2n) is 6.74. The first-order valence-electron chi connectivity index (χ1n) is 9.48. The second kappa shape index (κ2) is 11.4. The van der Waals surface area contributed by atoms with Crippen molar-refractivity contribution in [1.29, 1.82) is 0 Å². The van der Waals surface area contributed by atoms with Crippen molar-refractivity contribution in [2.75, 3.05) is 38.3 Å². The molecule has 0 saturated carbocycles. The average Bonchev–Trinajstić information content (AvgIpc) is 2.74. The predicted octanol–water partition coefficient (Wildman–Crippen LogP) is 4.03. The minimum Gasteiger partial charge on any atom is -0.378 e. The molecule has 3 rings (SSSR count). The molecule has 0 bridgehead atoms. The van der Waals surface area contributed by atoms with Crippen molar-refractivity contribution < 1.29 is 17.9 Å². The van der Waals surface area contributed by atoms with Gasteiger partial charge in [0.05, 0.1) is 18.8 Å². The fourth-order valence-electron chi connectivity index (χ4n) is 3.05. The molecule has 0 radical (unpaired) electrons. The van der Waals surface area contributed by atoms with E-state index in [0.717, 1.165) is 49.6 Å². The van der Waals surface area contributed by atoms with Crippen LogP contribution in [0.2, 0.25) is 0 Å². The zero-order valence-electron chi connectivity index (χ0n) is 16.7. The molecule has 2 aromatic rings. The number of hydrogen-bond acceptors (Lipinski definition) is 3. The summed E-state index contributed by atoms with van der Waals surface area (Å²) in [5, 5.41) is 6.33. The highest BCUT2D eigenvalue weighted by atomic mass is 127. The Kier molecular flexibility index (Phi) is 9.22. The molecule has 2 N–H and O–H groups in total. The molecule has 1 aliphatic heterocycles. The zero-order chi connectivity index (χ0) is 20.7. The van der Waals surface area contributed by atoms with Crippen molar-refractivity contribution in [2.24, 2.45) is 4.99 Å². The molecule has 1 fully saturated rings. The van der Waals surface area contributed by atoms with E-state index in [1.54, 1.807) is 7.05 Å². The van der Waals surface area contributed by atoms with Gasteiger partial charge < -0.3 is 20.3 Å². The van der Waals surface area contributed by atoms with Crippen LogP contribution >= 0.6 is 24.0 Å². The Morgan fingerprint density at radius 2 is 1.43 bits per heavy atom. The van der Waals surface area contributed by atoms with E-state index in [1.807, 2.05) is 0 Å². The molecule has 0 amide bonds. The molecule has 1 aliphatic rings. The quantitative estimate of drug-likeness (QED) is 0.346. The minimum atomic E-state index is -4.32. The van der Waals surface area contributed by atoms with Crippen molar-refractivity contribution in [1.82, 2.24) is 10.6 Å². The zero-order valence-corrected chi connectivity index (χ0v) is 19.0. The van der Waals surface area contributed by atoms with Crippen LogP contribution in [0.3, 0.4) is 0 Å². The van der Waals surface area contributed by atoms with E-state index < -0.39 is 11.7 Å². The summed E-state index contributed by atoms with van der Waals surface area (Å²) >= 11 is 0. The molecule has 9 heteroatoms. The Labute approximate surface area is 191 Å². The summed E-state index contributed by atoms with van der Waals surface area (Å²) in [7, 11) is 1.66. The van der Waals surface area contributed by atoms with Gasteiger partial charge in [-0.25, -0.2) is 0 Å². The van der Waals surface area contributed by atoms with Crippen LogP contribution in [0.5, 0.6) is 0 Å². The first kappa shape index (κ1) is 24.3. The van der Waals surface area contributed by atoms with Gasteiger partial charge in [-0.1, -0.05) is 24.3 Å². The van der Waals surface area contributed by atoms with Crippen LogP contribution in [0.25, 0.3) is 0 Å². The molecular formula is C21H26F3IN4O. The summed E-state index contributed by atoms with van der Waals surface area (Å²) in [5.74, 6) is 0.585. The van der Waals surface area contributed by atoms with Gasteiger partial charge in [0.15, 0.2) is 5.96 Å². The van der Waals surface area contributed by atoms with Gasteiger partial charge in [0.2, 0.25) is 0 Å². The SMILES string of the molecule is CN=C(NCc1ccc(N2CCOCC2)cc1)NCc1ccc(C(F)(F)F)cc1.I. The molecule has 0 spiro atoms. The lowest BCUT2D eigenvalue weighted by atomic mass is 10.1. The maximum Gasteiger partial charge on any atom is 0.416 e. The highest BCUT2D eigenvalue weighted by Crippen LogP contribution is 2.29. The molecule has 30 heavy (non-hydrogen) atoms. The summed E-state index contributed by atoms with van der Waals surface area (Å²) in [5.41, 5.74) is 2.39. The van der Waals surface area contributed by atoms with E-state index in [-0.39, 0.29) is 24.0 Å². The third kappa shape index (κ3) is 7.05. The number of aliphatic imine (C=N–C) groups is 1. The van der Waals surface area contributed by atoms with Crippen molar-refractivity contribution in [3.05, 3.63) is 65.2 Å². The van der Waals surface area contributed by atoms with E-state index in [0.29, 0.717) is 19.0 Å². The van der Waals surface area contributed by atoms with Gasteiger partial charge in [0, 0.05) is 38.9 Å². The molecule has 0 aliphatic carbocycles. The largest absolute Gasteiger partial charge is 0.416 e. The van der Waals surface area contributed by atoms with Crippen LogP contribution < -0.4 is 15.5 Å². The number of nitrogens with one attached hydrogen (secondary N) is 2. The van der Waals surface area contributed by atoms with E-state index in [2.05, 4.69) is 44.8 Å². The topological polar surface area (TPSA) is 48.9 Å². The van der Waals surface area contributed by atoms with Gasteiger partial charge in [0.25, 0.3) is 0 Å². The van der Waals surface area contributed by atoms with Gasteiger partial charge >= 0.3 is 6.18 Å². The van der Waals surface area contributed by atoms with Crippen LogP contribution in [0.1, 0.15) is 16.7 Å². The fraction of sp³-hybridized carbons (Fsp3) is 0.381. The average molecular weight is 534 g/mol. The van der Waals surface area contributed by atoms with Crippen LogP contribution in [0.4, 0.5) is 18.9 Å². The molecule has 1 saturated heterocycles. The normalized spacial score (nSPS) is 14.8. The first-order chi connectivity index (χ1) is 14.0. The predicted molar refractivity (Wildman–Crippen MR) is 123 cm³/mol. The van der Waals surface area contributed by atoms with Crippen molar-refractivity contribution in [3.63, 3.8) is 0 Å². The Hall–Kier alpha value is -2.01. The summed E-state index contributed by atoms with van der Waals surface area (Å²) < 4.78 is 43.3. The lowest BCUT2D eigenvalue weighted by Crippen LogP contribution is -2.36. The lowest BCUT2D eigenvalue weighted by molar-refractivity contribution is -0.137. The summed E-state index contributed by atoms with van der Waals surface area (Å²) in [6.07, 6.45) is -4.32. The number of ether oxygens (including phenoxy) is 1. The molecule has 5 nitrogen and oxygen atoms in total. The Balaban J connectivity index is 0.00000320. The summed E-state index contributed by atoms with van der Waals surface area (Å²) in [4.78, 5) is 6.46. The lowest BCUT2D eigenvalue weighted by Gasteiger charge is -2.28. The smallest absolute Gasteiger partial charge is 0.378 e. The third-order valence-corrected chi connectivity index (χ3v) is 4.74. The molecule has 0 aromatic heterocycles. The molecular weight excluding hydrogens is 508 g/mol. The number of morpholine rings is 1. The highest BCUT2D eigenvalue weighted by Gasteiger charge is 2.29. The molecule has 164 valence electrons. The van der Waals surface area contributed by atoms with Crippen LogP contribution in [-0.2, 0) is 24.0 Å². The molecule has 0 unspecified atom stereocenters. The van der Waals surface area contributed by atoms with Crippen LogP contribution in [0.15, 0.2) is 53.5 Å². The van der Waals surface area contributed by atoms with E-state index >= 15 is 0 Å². The number of hydrogen-bond donors (Lipinski definition) is 2. The number of guanidine groups is 1. The molecule has 1 heterocycles. The monoisotopic (exact) mass is 534 g/mol. The first-order valence-corrected chi connectivity index (χ1v) is 9.48. The van der Waals surface area contributed by atoms with Crippen LogP contribution in [-0.4, -0.2) is 39.3 Å². The Morgan fingerprint density at radius 3 is 1.90 bits per heavy atom. The summed E-state index contributed by atoms with van der Waals surface area (Å²) in [6, 6.07) is 13.4. The summed E-state index contributed by atoms with van der Waals surface area (Å²) in [6.45, 7) is 4.29. The van der Waals surface area contributed by atoms with Gasteiger partial charge in [0.1, 0.15) is 0 Å². The van der Waals surface area contributed by atoms with Gasteiger partial charge in [-0.15, -0.1) is 24.0 Å². The van der Waals surface area contributed by atoms with Gasteiger partial charge in [-0.05, 0) is 35.4 Å². The van der Waals surface area contributed by atoms with Crippen LogP contribution in [0, 0.1) is 0 Å². The Morgan fingerprint density at radius 1 is 0.933 bits per heavy atom. The van der Waals surface area contributed by atoms with E-state index in [1.165, 1.54) is 17.8 Å². The van der Waals surface area contributed by atoms with Crippen molar-refractivity contribution >= 4 is 35.6 Å². The van der Waals surface area contributed by atoms with E-state index in [9.17, 15) is 13.2 Å². The minimum absolute atomic E-state index is 0. The molecule has 0 atom stereocenters. The number of benzene rings is 2. The number of nitrogens with zero attached hydrogens (tertiary/aromatic N) is 2. The highest BCUT2D eigenvalue weighted by molar-refractivity contribution is 14.0. The fourth-order valence-corrected chi connectivity index (χ4v) is 3.05. The maximum absolute atomic E-state index is 12.6. The van der Waals surface area contributed by atoms with Crippen molar-refractivity contribution in [3.8, 4) is 0 Å². The second-order valence-corrected chi connectivity index (χ2v) is 6.74. The van der Waals surface area contributed by atoms with Gasteiger partial charge in [-0.2, -0.15) is 13.2 Å². The molecule has 2 aromatic carbocycles. The standard InChI is InChI=1S/C21H25F3N4O.HI/c1-25-20(26-14-16-2-6-18(7-3-16)21(22,23)24)27-15-17-4-8-19(9-5-17)28-10-12-29-13-11-28;/h2-9H,10-15H2,1H3,(H2,25,26,27);1H. The third-order valence-electron chi connectivity index (χ3n) is 4.74. The number of rotatable bonds is 5. The maximum atomic E-state index is 12.6. The van der Waals surface area contributed by atoms with Crippen molar-refractivity contribution in [2.45, 2.75) is 19.3 Å². The Bertz CT molecular complexity index is 804. The van der Waals surface area contributed by atoms with Gasteiger partial charge in [-0.3, -0.25) is 4.99 Å². The number of halogens is 4. The number of alkyl halides is 3. The van der Waals surface area contributed by atoms with E-state index in [4.69, 9.17) is 4.74 Å². The number of anilines is 1.